The molecule has 1 aromatic carbocycles. The molecule has 0 spiro atoms. The molecule has 4 nitrogen and oxygen atoms in total. The number of anilines is 1. The SMILES string of the molecule is O=C(O)C1CCC(O)(CN2CCc3ccc(F)cc32)CC1. The molecule has 1 saturated carbocycles. The van der Waals surface area contributed by atoms with Gasteiger partial charge in [0.05, 0.1) is 11.5 Å². The number of fused-ring (bicyclic) bond motifs is 1. The number of hydrogen-bond acceptors (Lipinski definition) is 3. The molecular formula is C16H20FNO3. The van der Waals surface area contributed by atoms with Crippen LogP contribution in [0.2, 0.25) is 0 Å². The van der Waals surface area contributed by atoms with Gasteiger partial charge in [0.15, 0.2) is 0 Å². The van der Waals surface area contributed by atoms with Gasteiger partial charge in [-0.1, -0.05) is 6.07 Å². The van der Waals surface area contributed by atoms with Gasteiger partial charge >= 0.3 is 5.97 Å². The molecule has 1 aliphatic carbocycles. The van der Waals surface area contributed by atoms with Crippen LogP contribution in [0.25, 0.3) is 0 Å². The average Bonchev–Trinajstić information content (AvgIpc) is 2.81. The van der Waals surface area contributed by atoms with Crippen LogP contribution in [-0.2, 0) is 11.2 Å². The standard InChI is InChI=1S/C16H20FNO3/c17-13-2-1-11-5-8-18(14(11)9-13)10-16(21)6-3-12(4-7-16)15(19)20/h1-2,9,12,21H,3-8,10H2,(H,19,20). The van der Waals surface area contributed by atoms with Crippen molar-refractivity contribution in [1.82, 2.24) is 0 Å². The number of rotatable bonds is 3. The van der Waals surface area contributed by atoms with Crippen molar-refractivity contribution >= 4 is 11.7 Å². The minimum absolute atomic E-state index is 0.262. The summed E-state index contributed by atoms with van der Waals surface area (Å²) in [6.45, 7) is 1.24. The minimum Gasteiger partial charge on any atom is -0.481 e. The van der Waals surface area contributed by atoms with E-state index in [9.17, 15) is 14.3 Å². The van der Waals surface area contributed by atoms with Crippen LogP contribution in [0.5, 0.6) is 0 Å². The first-order valence-corrected chi connectivity index (χ1v) is 7.45. The lowest BCUT2D eigenvalue weighted by Crippen LogP contribution is -2.46. The zero-order valence-corrected chi connectivity index (χ0v) is 11.9. The van der Waals surface area contributed by atoms with Gasteiger partial charge in [-0.2, -0.15) is 0 Å². The van der Waals surface area contributed by atoms with E-state index >= 15 is 0 Å². The Morgan fingerprint density at radius 2 is 2.10 bits per heavy atom. The zero-order chi connectivity index (χ0) is 15.0. The maximum atomic E-state index is 13.4. The Balaban J connectivity index is 1.68. The number of β-amino-alcohol motifs (C(OH)–C–C–N with tert-alkyl or cyclic N) is 1. The summed E-state index contributed by atoms with van der Waals surface area (Å²) >= 11 is 0. The molecule has 0 amide bonds. The van der Waals surface area contributed by atoms with E-state index in [0.717, 1.165) is 24.2 Å². The molecule has 3 rings (SSSR count). The molecular weight excluding hydrogens is 273 g/mol. The Morgan fingerprint density at radius 1 is 1.38 bits per heavy atom. The molecule has 2 N–H and O–H groups in total. The second-order valence-corrected chi connectivity index (χ2v) is 6.28. The van der Waals surface area contributed by atoms with Gasteiger partial charge in [0, 0.05) is 18.8 Å². The van der Waals surface area contributed by atoms with E-state index < -0.39 is 11.6 Å². The van der Waals surface area contributed by atoms with Crippen LogP contribution in [0.4, 0.5) is 10.1 Å². The van der Waals surface area contributed by atoms with Crippen LogP contribution in [0.1, 0.15) is 31.2 Å². The van der Waals surface area contributed by atoms with Crippen LogP contribution in [-0.4, -0.2) is 34.9 Å². The smallest absolute Gasteiger partial charge is 0.306 e. The number of benzene rings is 1. The lowest BCUT2D eigenvalue weighted by molar-refractivity contribution is -0.144. The van der Waals surface area contributed by atoms with E-state index in [1.54, 1.807) is 6.07 Å². The van der Waals surface area contributed by atoms with E-state index in [4.69, 9.17) is 5.11 Å². The lowest BCUT2D eigenvalue weighted by atomic mass is 9.78. The Hall–Kier alpha value is -1.62. The van der Waals surface area contributed by atoms with Crippen LogP contribution in [0, 0.1) is 11.7 Å². The molecule has 21 heavy (non-hydrogen) atoms. The van der Waals surface area contributed by atoms with Crippen LogP contribution >= 0.6 is 0 Å². The van der Waals surface area contributed by atoms with Gasteiger partial charge in [-0.05, 0) is 49.8 Å². The molecule has 1 aliphatic heterocycles. The topological polar surface area (TPSA) is 60.8 Å². The van der Waals surface area contributed by atoms with E-state index in [2.05, 4.69) is 0 Å². The van der Waals surface area contributed by atoms with Crippen molar-refractivity contribution in [2.24, 2.45) is 5.92 Å². The van der Waals surface area contributed by atoms with Crippen molar-refractivity contribution in [2.45, 2.75) is 37.7 Å². The molecule has 1 fully saturated rings. The van der Waals surface area contributed by atoms with E-state index in [1.807, 2.05) is 4.90 Å². The highest BCUT2D eigenvalue weighted by molar-refractivity contribution is 5.70. The second kappa shape index (κ2) is 5.30. The summed E-state index contributed by atoms with van der Waals surface area (Å²) in [5.74, 6) is -1.37. The molecule has 114 valence electrons. The molecule has 0 unspecified atom stereocenters. The normalized spacial score (nSPS) is 28.5. The lowest BCUT2D eigenvalue weighted by Gasteiger charge is -2.38. The maximum absolute atomic E-state index is 13.4. The van der Waals surface area contributed by atoms with Gasteiger partial charge < -0.3 is 15.1 Å². The van der Waals surface area contributed by atoms with Gasteiger partial charge in [-0.3, -0.25) is 4.79 Å². The number of carbonyl (C=O) groups is 1. The molecule has 0 saturated heterocycles. The third kappa shape index (κ3) is 2.88. The highest BCUT2D eigenvalue weighted by Gasteiger charge is 2.38. The fraction of sp³-hybridized carbons (Fsp3) is 0.562. The number of nitrogens with zero attached hydrogens (tertiary/aromatic N) is 1. The quantitative estimate of drug-likeness (QED) is 0.897. The predicted octanol–water partition coefficient (Wildman–Crippen LogP) is 2.19. The van der Waals surface area contributed by atoms with Crippen LogP contribution < -0.4 is 4.90 Å². The maximum Gasteiger partial charge on any atom is 0.306 e. The van der Waals surface area contributed by atoms with Crippen molar-refractivity contribution in [3.05, 3.63) is 29.6 Å². The van der Waals surface area contributed by atoms with Gasteiger partial charge in [-0.15, -0.1) is 0 Å². The van der Waals surface area contributed by atoms with Gasteiger partial charge in [-0.25, -0.2) is 4.39 Å². The number of halogens is 1. The Morgan fingerprint density at radius 3 is 2.76 bits per heavy atom. The average molecular weight is 293 g/mol. The second-order valence-electron chi connectivity index (χ2n) is 6.28. The third-order valence-corrected chi connectivity index (χ3v) is 4.79. The van der Waals surface area contributed by atoms with Crippen molar-refractivity contribution in [2.75, 3.05) is 18.0 Å². The van der Waals surface area contributed by atoms with Crippen molar-refractivity contribution in [1.29, 1.82) is 0 Å². The molecule has 0 radical (unpaired) electrons. The highest BCUT2D eigenvalue weighted by atomic mass is 19.1. The Labute approximate surface area is 123 Å². The van der Waals surface area contributed by atoms with Crippen molar-refractivity contribution in [3.63, 3.8) is 0 Å². The summed E-state index contributed by atoms with van der Waals surface area (Å²) in [6.07, 6.45) is 2.87. The summed E-state index contributed by atoms with van der Waals surface area (Å²) in [7, 11) is 0. The Bertz CT molecular complexity index is 552. The number of aliphatic hydroxyl groups is 1. The number of hydrogen-bond donors (Lipinski definition) is 2. The molecule has 0 atom stereocenters. The summed E-state index contributed by atoms with van der Waals surface area (Å²) in [5, 5.41) is 19.7. The molecule has 0 bridgehead atoms. The summed E-state index contributed by atoms with van der Waals surface area (Å²) < 4.78 is 13.4. The number of aliphatic carboxylic acids is 1. The largest absolute Gasteiger partial charge is 0.481 e. The fourth-order valence-corrected chi connectivity index (χ4v) is 3.50. The van der Waals surface area contributed by atoms with Crippen molar-refractivity contribution < 1.29 is 19.4 Å². The van der Waals surface area contributed by atoms with Gasteiger partial charge in [0.2, 0.25) is 0 Å². The Kier molecular flexibility index (Phi) is 3.61. The molecule has 0 aromatic heterocycles. The predicted molar refractivity (Wildman–Crippen MR) is 76.9 cm³/mol. The minimum atomic E-state index is -0.861. The molecule has 1 aromatic rings. The summed E-state index contributed by atoms with van der Waals surface area (Å²) in [4.78, 5) is 13.0. The first kappa shape index (κ1) is 14.3. The zero-order valence-electron chi connectivity index (χ0n) is 11.9. The molecule has 5 heteroatoms. The summed E-state index contributed by atoms with van der Waals surface area (Å²) in [5.41, 5.74) is 1.11. The first-order chi connectivity index (χ1) is 9.97. The number of carboxylic acids is 1. The fourth-order valence-electron chi connectivity index (χ4n) is 3.50. The number of carboxylic acid groups (broad SMARTS) is 1. The van der Waals surface area contributed by atoms with Gasteiger partial charge in [0.1, 0.15) is 5.82 Å². The van der Waals surface area contributed by atoms with Crippen LogP contribution in [0.3, 0.4) is 0 Å². The molecule has 2 aliphatic rings. The van der Waals surface area contributed by atoms with Gasteiger partial charge in [0.25, 0.3) is 0 Å². The third-order valence-electron chi connectivity index (χ3n) is 4.79. The monoisotopic (exact) mass is 293 g/mol. The summed E-state index contributed by atoms with van der Waals surface area (Å²) in [6, 6.07) is 4.79. The van der Waals surface area contributed by atoms with E-state index in [1.165, 1.54) is 12.1 Å². The van der Waals surface area contributed by atoms with Crippen molar-refractivity contribution in [3.8, 4) is 0 Å². The first-order valence-electron chi connectivity index (χ1n) is 7.45. The van der Waals surface area contributed by atoms with E-state index in [0.29, 0.717) is 32.2 Å². The molecule has 1 heterocycles. The van der Waals surface area contributed by atoms with E-state index in [-0.39, 0.29) is 11.7 Å². The van der Waals surface area contributed by atoms with Crippen LogP contribution in [0.15, 0.2) is 18.2 Å². The highest BCUT2D eigenvalue weighted by Crippen LogP contribution is 2.36.